The molecule has 4 heteroatoms. The van der Waals surface area contributed by atoms with Crippen molar-refractivity contribution in [3.8, 4) is 0 Å². The molecular weight excluding hydrogens is 218 g/mol. The van der Waals surface area contributed by atoms with Gasteiger partial charge in [0.05, 0.1) is 0 Å². The first-order chi connectivity index (χ1) is 8.16. The molecule has 0 spiro atoms. The van der Waals surface area contributed by atoms with Gasteiger partial charge in [0.15, 0.2) is 0 Å². The Morgan fingerprint density at radius 2 is 1.88 bits per heavy atom. The van der Waals surface area contributed by atoms with E-state index in [1.807, 2.05) is 18.2 Å². The molecule has 1 aliphatic rings. The molecule has 0 aromatic heterocycles. The molecule has 1 fully saturated rings. The normalized spacial score (nSPS) is 15.4. The van der Waals surface area contributed by atoms with Gasteiger partial charge in [0.1, 0.15) is 5.70 Å². The minimum Gasteiger partial charge on any atom is -0.477 e. The number of hydrogen-bond acceptors (Lipinski definition) is 2. The van der Waals surface area contributed by atoms with Gasteiger partial charge in [-0.25, -0.2) is 4.79 Å². The van der Waals surface area contributed by atoms with Crippen molar-refractivity contribution < 1.29 is 14.7 Å². The van der Waals surface area contributed by atoms with Gasteiger partial charge in [-0.1, -0.05) is 30.3 Å². The van der Waals surface area contributed by atoms with Crippen LogP contribution in [0.15, 0.2) is 36.0 Å². The van der Waals surface area contributed by atoms with E-state index in [-0.39, 0.29) is 17.5 Å². The minimum atomic E-state index is -1.12. The number of nitrogens with one attached hydrogen (secondary N) is 1. The molecule has 17 heavy (non-hydrogen) atoms. The topological polar surface area (TPSA) is 66.4 Å². The minimum absolute atomic E-state index is 0.00600. The summed E-state index contributed by atoms with van der Waals surface area (Å²) in [6.45, 7) is 0. The van der Waals surface area contributed by atoms with Gasteiger partial charge in [0.25, 0.3) is 0 Å². The quantitative estimate of drug-likeness (QED) is 0.774. The Morgan fingerprint density at radius 3 is 2.41 bits per heavy atom. The van der Waals surface area contributed by atoms with Crippen molar-refractivity contribution in [2.75, 3.05) is 0 Å². The fourth-order valence-corrected chi connectivity index (χ4v) is 1.45. The molecule has 0 heterocycles. The Hall–Kier alpha value is -2.10. The van der Waals surface area contributed by atoms with Crippen molar-refractivity contribution in [3.05, 3.63) is 41.6 Å². The van der Waals surface area contributed by atoms with E-state index in [9.17, 15) is 9.59 Å². The van der Waals surface area contributed by atoms with E-state index in [1.165, 1.54) is 6.08 Å². The first-order valence-electron chi connectivity index (χ1n) is 5.48. The number of carbonyl (C=O) groups excluding carboxylic acids is 1. The second kappa shape index (κ2) is 4.82. The predicted octanol–water partition coefficient (Wildman–Crippen LogP) is 1.64. The molecule has 1 amide bonds. The Morgan fingerprint density at radius 1 is 1.24 bits per heavy atom. The van der Waals surface area contributed by atoms with Crippen molar-refractivity contribution in [1.29, 1.82) is 0 Å². The highest BCUT2D eigenvalue weighted by Crippen LogP contribution is 2.29. The first-order valence-corrected chi connectivity index (χ1v) is 5.48. The van der Waals surface area contributed by atoms with Gasteiger partial charge in [0.2, 0.25) is 5.91 Å². The highest BCUT2D eigenvalue weighted by atomic mass is 16.4. The van der Waals surface area contributed by atoms with Gasteiger partial charge in [0, 0.05) is 5.92 Å². The van der Waals surface area contributed by atoms with E-state index in [4.69, 9.17) is 5.11 Å². The van der Waals surface area contributed by atoms with Crippen molar-refractivity contribution in [3.63, 3.8) is 0 Å². The lowest BCUT2D eigenvalue weighted by molar-refractivity contribution is -0.134. The molecule has 0 bridgehead atoms. The monoisotopic (exact) mass is 231 g/mol. The summed E-state index contributed by atoms with van der Waals surface area (Å²) in [5, 5.41) is 11.5. The number of carboxylic acids is 1. The Kier molecular flexibility index (Phi) is 3.23. The van der Waals surface area contributed by atoms with Crippen LogP contribution in [0.1, 0.15) is 18.4 Å². The Labute approximate surface area is 99.0 Å². The molecule has 1 aromatic carbocycles. The molecule has 0 saturated heterocycles. The molecule has 1 aliphatic carbocycles. The number of carbonyl (C=O) groups is 2. The second-order valence-corrected chi connectivity index (χ2v) is 4.04. The zero-order valence-corrected chi connectivity index (χ0v) is 9.22. The largest absolute Gasteiger partial charge is 0.477 e. The van der Waals surface area contributed by atoms with Gasteiger partial charge >= 0.3 is 5.97 Å². The maximum atomic E-state index is 11.5. The number of carboxylic acid groups (broad SMARTS) is 1. The van der Waals surface area contributed by atoms with Gasteiger partial charge < -0.3 is 10.4 Å². The summed E-state index contributed by atoms with van der Waals surface area (Å²) >= 11 is 0. The van der Waals surface area contributed by atoms with Crippen LogP contribution in [-0.4, -0.2) is 17.0 Å². The van der Waals surface area contributed by atoms with Crippen LogP contribution in [0.2, 0.25) is 0 Å². The molecular formula is C13H13NO3. The van der Waals surface area contributed by atoms with Crippen LogP contribution in [0.3, 0.4) is 0 Å². The standard InChI is InChI=1S/C13H13NO3/c15-12(10-6-7-10)14-11(13(16)17)8-9-4-2-1-3-5-9/h1-5,8,10H,6-7H2,(H,14,15)(H,16,17)/b11-8+. The third-order valence-corrected chi connectivity index (χ3v) is 2.55. The van der Waals surface area contributed by atoms with Crippen molar-refractivity contribution in [1.82, 2.24) is 5.32 Å². The lowest BCUT2D eigenvalue weighted by atomic mass is 10.2. The summed E-state index contributed by atoms with van der Waals surface area (Å²) in [5.41, 5.74) is 0.675. The summed E-state index contributed by atoms with van der Waals surface area (Å²) in [6, 6.07) is 9.04. The predicted molar refractivity (Wildman–Crippen MR) is 62.9 cm³/mol. The lowest BCUT2D eigenvalue weighted by Crippen LogP contribution is -2.28. The van der Waals surface area contributed by atoms with E-state index in [0.717, 1.165) is 18.4 Å². The fourth-order valence-electron chi connectivity index (χ4n) is 1.45. The van der Waals surface area contributed by atoms with Crippen LogP contribution in [0.25, 0.3) is 6.08 Å². The Balaban J connectivity index is 2.14. The first kappa shape index (κ1) is 11.4. The summed E-state index contributed by atoms with van der Waals surface area (Å²) in [5.74, 6) is -1.33. The maximum Gasteiger partial charge on any atom is 0.352 e. The van der Waals surface area contributed by atoms with Crippen LogP contribution in [0.4, 0.5) is 0 Å². The maximum absolute atomic E-state index is 11.5. The molecule has 2 rings (SSSR count). The highest BCUT2D eigenvalue weighted by Gasteiger charge is 2.30. The SMILES string of the molecule is O=C(O)/C(=C\c1ccccc1)NC(=O)C1CC1. The van der Waals surface area contributed by atoms with Crippen LogP contribution >= 0.6 is 0 Å². The van der Waals surface area contributed by atoms with Gasteiger partial charge in [-0.05, 0) is 24.5 Å². The number of amides is 1. The van der Waals surface area contributed by atoms with E-state index >= 15 is 0 Å². The molecule has 4 nitrogen and oxygen atoms in total. The van der Waals surface area contributed by atoms with E-state index < -0.39 is 5.97 Å². The number of benzene rings is 1. The average Bonchev–Trinajstić information content (AvgIpc) is 3.13. The molecule has 0 aliphatic heterocycles. The summed E-state index contributed by atoms with van der Waals surface area (Å²) < 4.78 is 0. The summed E-state index contributed by atoms with van der Waals surface area (Å²) in [7, 11) is 0. The van der Waals surface area contributed by atoms with E-state index in [0.29, 0.717) is 0 Å². The smallest absolute Gasteiger partial charge is 0.352 e. The second-order valence-electron chi connectivity index (χ2n) is 4.04. The molecule has 88 valence electrons. The van der Waals surface area contributed by atoms with Crippen LogP contribution < -0.4 is 5.32 Å². The van der Waals surface area contributed by atoms with Gasteiger partial charge in [-0.3, -0.25) is 4.79 Å². The van der Waals surface area contributed by atoms with Crippen LogP contribution in [-0.2, 0) is 9.59 Å². The number of hydrogen-bond donors (Lipinski definition) is 2. The number of aliphatic carboxylic acids is 1. The molecule has 2 N–H and O–H groups in total. The van der Waals surface area contributed by atoms with E-state index in [2.05, 4.69) is 5.32 Å². The van der Waals surface area contributed by atoms with Crippen LogP contribution in [0.5, 0.6) is 0 Å². The van der Waals surface area contributed by atoms with Gasteiger partial charge in [-0.15, -0.1) is 0 Å². The molecule has 0 unspecified atom stereocenters. The molecule has 0 radical (unpaired) electrons. The average molecular weight is 231 g/mol. The van der Waals surface area contributed by atoms with Crippen LogP contribution in [0, 0.1) is 5.92 Å². The van der Waals surface area contributed by atoms with Gasteiger partial charge in [-0.2, -0.15) is 0 Å². The summed E-state index contributed by atoms with van der Waals surface area (Å²) in [6.07, 6.45) is 3.16. The summed E-state index contributed by atoms with van der Waals surface area (Å²) in [4.78, 5) is 22.5. The highest BCUT2D eigenvalue weighted by molar-refractivity contribution is 5.97. The Bertz CT molecular complexity index is 461. The van der Waals surface area contributed by atoms with Crippen molar-refractivity contribution in [2.24, 2.45) is 5.92 Å². The van der Waals surface area contributed by atoms with Crippen molar-refractivity contribution >= 4 is 18.0 Å². The third kappa shape index (κ3) is 3.17. The molecule has 0 atom stereocenters. The molecule has 1 saturated carbocycles. The zero-order chi connectivity index (χ0) is 12.3. The lowest BCUT2D eigenvalue weighted by Gasteiger charge is -2.04. The third-order valence-electron chi connectivity index (χ3n) is 2.55. The number of rotatable bonds is 4. The van der Waals surface area contributed by atoms with Crippen molar-refractivity contribution in [2.45, 2.75) is 12.8 Å². The zero-order valence-electron chi connectivity index (χ0n) is 9.22. The molecule has 1 aromatic rings. The van der Waals surface area contributed by atoms with E-state index in [1.54, 1.807) is 12.1 Å². The fraction of sp³-hybridized carbons (Fsp3) is 0.231.